The average molecular weight is 522 g/mol. The molecule has 0 N–H and O–H groups in total. The second-order valence-corrected chi connectivity index (χ2v) is 12.6. The first-order chi connectivity index (χ1) is 17.2. The summed E-state index contributed by atoms with van der Waals surface area (Å²) in [7, 11) is -2.29. The van der Waals surface area contributed by atoms with Crippen LogP contribution in [0, 0.1) is 20.8 Å². The van der Waals surface area contributed by atoms with Crippen LogP contribution >= 0.6 is 0 Å². The van der Waals surface area contributed by atoms with Crippen LogP contribution in [-0.4, -0.2) is 33.4 Å². The zero-order chi connectivity index (χ0) is 27.3. The van der Waals surface area contributed by atoms with Crippen LogP contribution in [-0.2, 0) is 30.8 Å². The maximum absolute atomic E-state index is 13.3. The standard InChI is InChI=1S/C30H35NO5S/c1-18-13-15-21(16-14-18)24-19(2)25-23-12-10-9-11-22(23)17-31(37(8,33)34)27(25)20(3)26(24)28(29(32)35-7)36-30(4,5)6/h9-16,28H,17H2,1-8H3/t28-/m0/s1. The van der Waals surface area contributed by atoms with E-state index in [1.54, 1.807) is 0 Å². The van der Waals surface area contributed by atoms with E-state index in [9.17, 15) is 13.2 Å². The molecule has 1 aliphatic heterocycles. The molecule has 196 valence electrons. The van der Waals surface area contributed by atoms with Crippen molar-refractivity contribution in [2.75, 3.05) is 17.7 Å². The number of benzene rings is 3. The van der Waals surface area contributed by atoms with Gasteiger partial charge in [-0.1, -0.05) is 54.1 Å². The molecular weight excluding hydrogens is 486 g/mol. The van der Waals surface area contributed by atoms with Crippen LogP contribution in [0.3, 0.4) is 0 Å². The molecule has 4 rings (SSSR count). The number of carbonyl (C=O) groups excluding carboxylic acids is 1. The number of carbonyl (C=O) groups is 1. The van der Waals surface area contributed by atoms with Crippen LogP contribution in [0.5, 0.6) is 0 Å². The summed E-state index contributed by atoms with van der Waals surface area (Å²) < 4.78 is 39.2. The number of sulfonamides is 1. The third kappa shape index (κ3) is 5.03. The Hall–Kier alpha value is -3.16. The van der Waals surface area contributed by atoms with Crippen molar-refractivity contribution in [3.63, 3.8) is 0 Å². The van der Waals surface area contributed by atoms with Gasteiger partial charge in [-0.3, -0.25) is 4.31 Å². The molecule has 0 amide bonds. The summed E-state index contributed by atoms with van der Waals surface area (Å²) >= 11 is 0. The third-order valence-corrected chi connectivity index (χ3v) is 7.87. The molecule has 0 saturated heterocycles. The van der Waals surface area contributed by atoms with Gasteiger partial charge in [0, 0.05) is 11.1 Å². The third-order valence-electron chi connectivity index (χ3n) is 6.75. The van der Waals surface area contributed by atoms with Crippen molar-refractivity contribution in [3.8, 4) is 22.3 Å². The molecule has 0 fully saturated rings. The molecule has 3 aromatic carbocycles. The highest BCUT2D eigenvalue weighted by Crippen LogP contribution is 2.51. The topological polar surface area (TPSA) is 72.9 Å². The van der Waals surface area contributed by atoms with Gasteiger partial charge in [-0.15, -0.1) is 0 Å². The van der Waals surface area contributed by atoms with E-state index in [2.05, 4.69) is 0 Å². The first kappa shape index (κ1) is 26.9. The molecule has 1 atom stereocenters. The molecule has 0 aliphatic carbocycles. The van der Waals surface area contributed by atoms with Gasteiger partial charge in [-0.25, -0.2) is 13.2 Å². The number of fused-ring (bicyclic) bond motifs is 3. The summed E-state index contributed by atoms with van der Waals surface area (Å²) in [6, 6.07) is 16.0. The number of hydrogen-bond donors (Lipinski definition) is 0. The Morgan fingerprint density at radius 2 is 1.57 bits per heavy atom. The van der Waals surface area contributed by atoms with Crippen molar-refractivity contribution in [2.45, 2.75) is 59.8 Å². The predicted molar refractivity (Wildman–Crippen MR) is 148 cm³/mol. The maximum atomic E-state index is 13.3. The summed E-state index contributed by atoms with van der Waals surface area (Å²) in [6.45, 7) is 11.8. The normalized spacial score (nSPS) is 14.1. The highest BCUT2D eigenvalue weighted by Gasteiger charge is 2.38. The Morgan fingerprint density at radius 3 is 2.14 bits per heavy atom. The van der Waals surface area contributed by atoms with Gasteiger partial charge >= 0.3 is 5.97 Å². The first-order valence-corrected chi connectivity index (χ1v) is 14.1. The number of anilines is 1. The Labute approximate surface area is 220 Å². The lowest BCUT2D eigenvalue weighted by Crippen LogP contribution is -2.35. The summed E-state index contributed by atoms with van der Waals surface area (Å²) in [6.07, 6.45) is 0.167. The van der Waals surface area contributed by atoms with Crippen LogP contribution in [0.1, 0.15) is 54.7 Å². The Morgan fingerprint density at radius 1 is 0.946 bits per heavy atom. The highest BCUT2D eigenvalue weighted by molar-refractivity contribution is 7.92. The number of nitrogens with zero attached hydrogens (tertiary/aromatic N) is 1. The Balaban J connectivity index is 2.20. The predicted octanol–water partition coefficient (Wildman–Crippen LogP) is 6.25. The van der Waals surface area contributed by atoms with Crippen LogP contribution in [0.4, 0.5) is 5.69 Å². The van der Waals surface area contributed by atoms with Crippen LogP contribution < -0.4 is 4.31 Å². The summed E-state index contributed by atoms with van der Waals surface area (Å²) in [5.74, 6) is -0.534. The smallest absolute Gasteiger partial charge is 0.339 e. The molecule has 7 heteroatoms. The highest BCUT2D eigenvalue weighted by atomic mass is 32.2. The van der Waals surface area contributed by atoms with E-state index in [-0.39, 0.29) is 6.54 Å². The molecule has 3 aromatic rings. The van der Waals surface area contributed by atoms with Crippen LogP contribution in [0.15, 0.2) is 48.5 Å². The summed E-state index contributed by atoms with van der Waals surface area (Å²) in [5, 5.41) is 0. The molecule has 0 saturated carbocycles. The van der Waals surface area contributed by atoms with Gasteiger partial charge in [0.05, 0.1) is 31.2 Å². The van der Waals surface area contributed by atoms with E-state index in [1.165, 1.54) is 17.7 Å². The van der Waals surface area contributed by atoms with Gasteiger partial charge in [-0.2, -0.15) is 0 Å². The van der Waals surface area contributed by atoms with Crippen LogP contribution in [0.2, 0.25) is 0 Å². The molecule has 0 aromatic heterocycles. The van der Waals surface area contributed by atoms with Gasteiger partial charge in [-0.05, 0) is 74.9 Å². The van der Waals surface area contributed by atoms with Gasteiger partial charge in [0.15, 0.2) is 6.10 Å². The number of ether oxygens (including phenoxy) is 2. The molecule has 1 heterocycles. The molecule has 0 unspecified atom stereocenters. The zero-order valence-corrected chi connectivity index (χ0v) is 23.6. The fraction of sp³-hybridized carbons (Fsp3) is 0.367. The van der Waals surface area contributed by atoms with Crippen molar-refractivity contribution >= 4 is 21.7 Å². The molecule has 6 nitrogen and oxygen atoms in total. The molecule has 0 radical (unpaired) electrons. The number of hydrogen-bond acceptors (Lipinski definition) is 5. The minimum Gasteiger partial charge on any atom is -0.467 e. The lowest BCUT2D eigenvalue weighted by Gasteiger charge is -2.37. The summed E-state index contributed by atoms with van der Waals surface area (Å²) in [4.78, 5) is 13.3. The fourth-order valence-electron chi connectivity index (χ4n) is 5.17. The largest absolute Gasteiger partial charge is 0.467 e. The van der Waals surface area contributed by atoms with E-state index in [4.69, 9.17) is 9.47 Å². The minimum absolute atomic E-state index is 0.217. The van der Waals surface area contributed by atoms with Gasteiger partial charge in [0.25, 0.3) is 0 Å². The Bertz CT molecular complexity index is 1470. The molecule has 1 aliphatic rings. The average Bonchev–Trinajstić information content (AvgIpc) is 2.82. The van der Waals surface area contributed by atoms with Gasteiger partial charge < -0.3 is 9.47 Å². The molecular formula is C30H35NO5S. The van der Waals surface area contributed by atoms with E-state index < -0.39 is 27.7 Å². The quantitative estimate of drug-likeness (QED) is 0.371. The van der Waals surface area contributed by atoms with E-state index in [0.29, 0.717) is 16.8 Å². The minimum atomic E-state index is -3.63. The first-order valence-electron chi connectivity index (χ1n) is 12.3. The van der Waals surface area contributed by atoms with E-state index in [1.807, 2.05) is 90.1 Å². The van der Waals surface area contributed by atoms with Crippen molar-refractivity contribution < 1.29 is 22.7 Å². The van der Waals surface area contributed by atoms with Crippen molar-refractivity contribution in [2.24, 2.45) is 0 Å². The van der Waals surface area contributed by atoms with Crippen molar-refractivity contribution in [3.05, 3.63) is 76.3 Å². The summed E-state index contributed by atoms with van der Waals surface area (Å²) in [5.41, 5.74) is 7.75. The monoisotopic (exact) mass is 521 g/mol. The fourth-order valence-corrected chi connectivity index (χ4v) is 6.11. The molecule has 0 spiro atoms. The number of rotatable bonds is 5. The number of esters is 1. The number of methoxy groups -OCH3 is 1. The lowest BCUT2D eigenvalue weighted by atomic mass is 9.80. The van der Waals surface area contributed by atoms with Crippen molar-refractivity contribution in [1.29, 1.82) is 0 Å². The maximum Gasteiger partial charge on any atom is 0.339 e. The second-order valence-electron chi connectivity index (χ2n) is 10.7. The molecule has 37 heavy (non-hydrogen) atoms. The Kier molecular flexibility index (Phi) is 6.99. The number of aryl methyl sites for hydroxylation is 1. The zero-order valence-electron chi connectivity index (χ0n) is 22.8. The lowest BCUT2D eigenvalue weighted by molar-refractivity contribution is -0.164. The van der Waals surface area contributed by atoms with Gasteiger partial charge in [0.1, 0.15) is 0 Å². The van der Waals surface area contributed by atoms with E-state index >= 15 is 0 Å². The SMILES string of the molecule is COC(=O)[C@@H](OC(C)(C)C)c1c(C)c2c(c(C)c1-c1ccc(C)cc1)-c1ccccc1CN2S(C)(=O)=O. The second kappa shape index (κ2) is 9.62. The van der Waals surface area contributed by atoms with Gasteiger partial charge in [0.2, 0.25) is 10.0 Å². The van der Waals surface area contributed by atoms with Crippen molar-refractivity contribution in [1.82, 2.24) is 0 Å². The van der Waals surface area contributed by atoms with Crippen LogP contribution in [0.25, 0.3) is 22.3 Å². The molecule has 0 bridgehead atoms. The van der Waals surface area contributed by atoms with E-state index in [0.717, 1.165) is 38.9 Å².